The van der Waals surface area contributed by atoms with Crippen LogP contribution in [0.15, 0.2) is 0 Å². The predicted octanol–water partition coefficient (Wildman–Crippen LogP) is 1.05. The van der Waals surface area contributed by atoms with E-state index >= 15 is 0 Å². The SMILES string of the molecule is CCOCCC(=O)N1C[C@@H](C)O[C@@H](C)C1. The van der Waals surface area contributed by atoms with Crippen molar-refractivity contribution in [1.82, 2.24) is 4.90 Å². The summed E-state index contributed by atoms with van der Waals surface area (Å²) < 4.78 is 10.7. The second kappa shape index (κ2) is 6.08. The zero-order chi connectivity index (χ0) is 11.3. The Kier molecular flexibility index (Phi) is 5.05. The van der Waals surface area contributed by atoms with E-state index in [2.05, 4.69) is 0 Å². The molecule has 1 rings (SSSR count). The van der Waals surface area contributed by atoms with E-state index in [1.54, 1.807) is 0 Å². The number of hydrogen-bond acceptors (Lipinski definition) is 3. The highest BCUT2D eigenvalue weighted by atomic mass is 16.5. The average molecular weight is 215 g/mol. The lowest BCUT2D eigenvalue weighted by Crippen LogP contribution is -2.48. The number of carbonyl (C=O) groups excluding carboxylic acids is 1. The molecule has 1 aliphatic heterocycles. The molecule has 15 heavy (non-hydrogen) atoms. The summed E-state index contributed by atoms with van der Waals surface area (Å²) >= 11 is 0. The molecule has 4 nitrogen and oxygen atoms in total. The van der Waals surface area contributed by atoms with Gasteiger partial charge in [0.1, 0.15) is 0 Å². The second-order valence-corrected chi connectivity index (χ2v) is 4.00. The topological polar surface area (TPSA) is 38.8 Å². The molecule has 0 spiro atoms. The Balaban J connectivity index is 2.31. The van der Waals surface area contributed by atoms with Crippen LogP contribution in [0.3, 0.4) is 0 Å². The molecule has 0 aromatic carbocycles. The van der Waals surface area contributed by atoms with Gasteiger partial charge in [0.25, 0.3) is 0 Å². The van der Waals surface area contributed by atoms with E-state index in [1.165, 1.54) is 0 Å². The molecule has 0 radical (unpaired) electrons. The Morgan fingerprint density at radius 2 is 2.00 bits per heavy atom. The highest BCUT2D eigenvalue weighted by molar-refractivity contribution is 5.76. The van der Waals surface area contributed by atoms with Crippen LogP contribution in [-0.4, -0.2) is 49.3 Å². The third kappa shape index (κ3) is 4.18. The number of carbonyl (C=O) groups is 1. The highest BCUT2D eigenvalue weighted by Gasteiger charge is 2.25. The first-order valence-corrected chi connectivity index (χ1v) is 5.64. The Morgan fingerprint density at radius 1 is 1.40 bits per heavy atom. The Bertz CT molecular complexity index is 198. The van der Waals surface area contributed by atoms with Crippen molar-refractivity contribution < 1.29 is 14.3 Å². The van der Waals surface area contributed by atoms with E-state index in [0.717, 1.165) is 0 Å². The van der Waals surface area contributed by atoms with E-state index in [9.17, 15) is 4.79 Å². The van der Waals surface area contributed by atoms with E-state index in [0.29, 0.717) is 32.7 Å². The summed E-state index contributed by atoms with van der Waals surface area (Å²) in [6.45, 7) is 8.53. The van der Waals surface area contributed by atoms with Crippen molar-refractivity contribution in [2.24, 2.45) is 0 Å². The van der Waals surface area contributed by atoms with Crippen LogP contribution in [0.2, 0.25) is 0 Å². The van der Waals surface area contributed by atoms with Crippen molar-refractivity contribution in [1.29, 1.82) is 0 Å². The summed E-state index contributed by atoms with van der Waals surface area (Å²) in [7, 11) is 0. The van der Waals surface area contributed by atoms with Gasteiger partial charge in [-0.05, 0) is 20.8 Å². The van der Waals surface area contributed by atoms with Crippen LogP contribution in [0.1, 0.15) is 27.2 Å². The third-order valence-corrected chi connectivity index (χ3v) is 2.44. The summed E-state index contributed by atoms with van der Waals surface area (Å²) in [5.74, 6) is 0.172. The Hall–Kier alpha value is -0.610. The van der Waals surface area contributed by atoms with Crippen LogP contribution in [0.5, 0.6) is 0 Å². The molecule has 0 N–H and O–H groups in total. The Labute approximate surface area is 91.5 Å². The largest absolute Gasteiger partial charge is 0.381 e. The first-order valence-electron chi connectivity index (χ1n) is 5.64. The number of rotatable bonds is 4. The smallest absolute Gasteiger partial charge is 0.225 e. The molecule has 1 aliphatic rings. The minimum absolute atomic E-state index is 0.143. The minimum atomic E-state index is 0.143. The third-order valence-electron chi connectivity index (χ3n) is 2.44. The highest BCUT2D eigenvalue weighted by Crippen LogP contribution is 2.11. The predicted molar refractivity (Wildman–Crippen MR) is 57.7 cm³/mol. The molecule has 1 heterocycles. The van der Waals surface area contributed by atoms with Gasteiger partial charge in [-0.1, -0.05) is 0 Å². The first-order chi connectivity index (χ1) is 7.13. The number of hydrogen-bond donors (Lipinski definition) is 0. The maximum atomic E-state index is 11.8. The molecule has 0 bridgehead atoms. The summed E-state index contributed by atoms with van der Waals surface area (Å²) in [5, 5.41) is 0. The van der Waals surface area contributed by atoms with Crippen LogP contribution in [0, 0.1) is 0 Å². The summed E-state index contributed by atoms with van der Waals surface area (Å²) in [5.41, 5.74) is 0. The fourth-order valence-corrected chi connectivity index (χ4v) is 1.84. The Morgan fingerprint density at radius 3 is 2.53 bits per heavy atom. The maximum absolute atomic E-state index is 11.8. The van der Waals surface area contributed by atoms with E-state index in [-0.39, 0.29) is 18.1 Å². The molecule has 2 atom stereocenters. The van der Waals surface area contributed by atoms with Crippen LogP contribution in [-0.2, 0) is 14.3 Å². The molecule has 0 aliphatic carbocycles. The van der Waals surface area contributed by atoms with Crippen LogP contribution >= 0.6 is 0 Å². The molecule has 4 heteroatoms. The number of nitrogens with zero attached hydrogens (tertiary/aromatic N) is 1. The lowest BCUT2D eigenvalue weighted by molar-refractivity contribution is -0.144. The minimum Gasteiger partial charge on any atom is -0.381 e. The maximum Gasteiger partial charge on any atom is 0.225 e. The number of morpholine rings is 1. The van der Waals surface area contributed by atoms with Gasteiger partial charge < -0.3 is 14.4 Å². The van der Waals surface area contributed by atoms with Crippen LogP contribution in [0.25, 0.3) is 0 Å². The van der Waals surface area contributed by atoms with E-state index in [1.807, 2.05) is 25.7 Å². The molecule has 1 fully saturated rings. The van der Waals surface area contributed by atoms with Crippen molar-refractivity contribution in [3.05, 3.63) is 0 Å². The van der Waals surface area contributed by atoms with E-state index < -0.39 is 0 Å². The second-order valence-electron chi connectivity index (χ2n) is 4.00. The van der Waals surface area contributed by atoms with Gasteiger partial charge in [0.15, 0.2) is 0 Å². The summed E-state index contributed by atoms with van der Waals surface area (Å²) in [6.07, 6.45) is 0.766. The molecular formula is C11H21NO3. The van der Waals surface area contributed by atoms with Gasteiger partial charge in [-0.15, -0.1) is 0 Å². The fourth-order valence-electron chi connectivity index (χ4n) is 1.84. The molecular weight excluding hydrogens is 194 g/mol. The zero-order valence-corrected chi connectivity index (χ0v) is 9.86. The normalized spacial score (nSPS) is 26.7. The van der Waals surface area contributed by atoms with E-state index in [4.69, 9.17) is 9.47 Å². The lowest BCUT2D eigenvalue weighted by atomic mass is 10.2. The standard InChI is InChI=1S/C11H21NO3/c1-4-14-6-5-11(13)12-7-9(2)15-10(3)8-12/h9-10H,4-8H2,1-3H3/t9-,10+. The molecule has 1 amide bonds. The van der Waals surface area contributed by atoms with Crippen molar-refractivity contribution >= 4 is 5.91 Å². The molecule has 0 saturated carbocycles. The zero-order valence-electron chi connectivity index (χ0n) is 9.86. The van der Waals surface area contributed by atoms with Gasteiger partial charge in [-0.25, -0.2) is 0 Å². The van der Waals surface area contributed by atoms with Gasteiger partial charge in [-0.3, -0.25) is 4.79 Å². The number of ether oxygens (including phenoxy) is 2. The number of amides is 1. The molecule has 0 aromatic heterocycles. The van der Waals surface area contributed by atoms with Gasteiger partial charge in [0.2, 0.25) is 5.91 Å². The lowest BCUT2D eigenvalue weighted by Gasteiger charge is -2.35. The molecule has 88 valence electrons. The van der Waals surface area contributed by atoms with Gasteiger partial charge >= 0.3 is 0 Å². The van der Waals surface area contributed by atoms with Crippen LogP contribution in [0.4, 0.5) is 0 Å². The van der Waals surface area contributed by atoms with Crippen molar-refractivity contribution in [2.75, 3.05) is 26.3 Å². The van der Waals surface area contributed by atoms with Gasteiger partial charge in [-0.2, -0.15) is 0 Å². The van der Waals surface area contributed by atoms with Crippen molar-refractivity contribution in [2.45, 2.75) is 39.4 Å². The first kappa shape index (κ1) is 12.5. The summed E-state index contributed by atoms with van der Waals surface area (Å²) in [6, 6.07) is 0. The molecule has 0 aromatic rings. The van der Waals surface area contributed by atoms with Gasteiger partial charge in [0.05, 0.1) is 25.2 Å². The fraction of sp³-hybridized carbons (Fsp3) is 0.909. The summed E-state index contributed by atoms with van der Waals surface area (Å²) in [4.78, 5) is 13.6. The van der Waals surface area contributed by atoms with Gasteiger partial charge in [0, 0.05) is 19.7 Å². The quantitative estimate of drug-likeness (QED) is 0.658. The average Bonchev–Trinajstić information content (AvgIpc) is 2.16. The molecule has 1 saturated heterocycles. The van der Waals surface area contributed by atoms with Crippen LogP contribution < -0.4 is 0 Å². The van der Waals surface area contributed by atoms with Crippen molar-refractivity contribution in [3.63, 3.8) is 0 Å². The monoisotopic (exact) mass is 215 g/mol. The van der Waals surface area contributed by atoms with Crippen molar-refractivity contribution in [3.8, 4) is 0 Å². The molecule has 0 unspecified atom stereocenters.